The van der Waals surface area contributed by atoms with E-state index in [4.69, 9.17) is 29.4 Å². The zero-order valence-corrected chi connectivity index (χ0v) is 26.5. The van der Waals surface area contributed by atoms with E-state index in [0.29, 0.717) is 6.54 Å². The van der Waals surface area contributed by atoms with Gasteiger partial charge in [-0.25, -0.2) is 4.79 Å². The molecule has 2 saturated heterocycles. The molecule has 47 heavy (non-hydrogen) atoms. The van der Waals surface area contributed by atoms with Crippen molar-refractivity contribution in [1.82, 2.24) is 15.5 Å². The number of carbonyl (C=O) groups excluding carboxylic acids is 1. The van der Waals surface area contributed by atoms with Crippen LogP contribution in [0, 0.1) is 23.7 Å². The van der Waals surface area contributed by atoms with Gasteiger partial charge in [0.05, 0.1) is 56.8 Å². The second-order valence-corrected chi connectivity index (χ2v) is 11.3. The number of methoxy groups -OCH3 is 1. The molecular formula is C29H47N5O13. The number of piperidine rings is 1. The summed E-state index contributed by atoms with van der Waals surface area (Å²) in [7, 11) is 4.18. The highest BCUT2D eigenvalue weighted by Crippen LogP contribution is 2.38. The number of allylic oxidation sites excluding steroid dienone is 1. The third kappa shape index (κ3) is 8.85. The van der Waals surface area contributed by atoms with Gasteiger partial charge in [-0.15, -0.1) is 6.58 Å². The van der Waals surface area contributed by atoms with Crippen LogP contribution in [-0.2, 0) is 33.3 Å². The van der Waals surface area contributed by atoms with E-state index < -0.39 is 84.9 Å². The van der Waals surface area contributed by atoms with Crippen LogP contribution in [0.3, 0.4) is 0 Å². The summed E-state index contributed by atoms with van der Waals surface area (Å²) in [6, 6.07) is -0.716. The third-order valence-corrected chi connectivity index (χ3v) is 8.40. The number of β-amino-alcohol motifs (C(OH)–C–C–N with tert-alkyl or cyclic N) is 1. The maximum absolute atomic E-state index is 12.9. The zero-order valence-electron chi connectivity index (χ0n) is 26.5. The second kappa shape index (κ2) is 17.3. The normalized spacial score (nSPS) is 34.7. The predicted octanol–water partition coefficient (Wildman–Crippen LogP) is -3.76. The van der Waals surface area contributed by atoms with Crippen LogP contribution in [0.15, 0.2) is 41.6 Å². The van der Waals surface area contributed by atoms with Crippen LogP contribution in [0.4, 0.5) is 0 Å². The highest BCUT2D eigenvalue weighted by Gasteiger charge is 2.57. The topological polar surface area (TPSA) is 267 Å². The molecule has 2 fully saturated rings. The molecule has 3 aliphatic rings. The van der Waals surface area contributed by atoms with Crippen molar-refractivity contribution in [3.63, 3.8) is 0 Å². The number of hydrogen-bond acceptors (Lipinski definition) is 15. The minimum atomic E-state index is -2.91. The van der Waals surface area contributed by atoms with Crippen LogP contribution in [-0.4, -0.2) is 157 Å². The van der Waals surface area contributed by atoms with Crippen LogP contribution in [0.5, 0.6) is 0 Å². The molecule has 3 heterocycles. The number of nitrogens with one attached hydrogen (secondary N) is 2. The van der Waals surface area contributed by atoms with E-state index >= 15 is 0 Å². The summed E-state index contributed by atoms with van der Waals surface area (Å²) >= 11 is 0. The zero-order chi connectivity index (χ0) is 34.9. The standard InChI is InChI=1S/C29H47N5O13/c1-5-16-17(7-6-15-10-34(8-9-35)11-18(24(38)39)21(15)33-28(30)32-3)19(25(40)43-4)13-44-26(16)47-27-23(45-14-31-2)29(41,42)22(37)20(12-36)46-27/h5-7,13,15-18,20-23,26-27,31,35-37,41-42H,1,8-12,14H2,2-4H3,(H,38,39)(H3,30,32,33). The molecule has 0 aromatic rings. The van der Waals surface area contributed by atoms with Gasteiger partial charge in [-0.3, -0.25) is 20.0 Å². The minimum absolute atomic E-state index is 0.0339. The van der Waals surface area contributed by atoms with Crippen LogP contribution >= 0.6 is 0 Å². The summed E-state index contributed by atoms with van der Waals surface area (Å²) in [6.07, 6.45) is -2.04. The van der Waals surface area contributed by atoms with Crippen molar-refractivity contribution < 1.29 is 63.9 Å². The molecule has 0 aromatic heterocycles. The number of aliphatic hydroxyl groups excluding tert-OH is 3. The van der Waals surface area contributed by atoms with Gasteiger partial charge in [0.1, 0.15) is 12.2 Å². The number of esters is 1. The summed E-state index contributed by atoms with van der Waals surface area (Å²) in [5.41, 5.74) is 6.01. The van der Waals surface area contributed by atoms with E-state index in [9.17, 15) is 40.2 Å². The molecule has 18 nitrogen and oxygen atoms in total. The first-order chi connectivity index (χ1) is 22.4. The summed E-state index contributed by atoms with van der Waals surface area (Å²) < 4.78 is 27.9. The molecule has 10 N–H and O–H groups in total. The van der Waals surface area contributed by atoms with Crippen molar-refractivity contribution in [3.8, 4) is 0 Å². The Hall–Kier alpha value is -3.17. The summed E-state index contributed by atoms with van der Waals surface area (Å²) in [5, 5.41) is 66.9. The van der Waals surface area contributed by atoms with Gasteiger partial charge in [0.2, 0.25) is 12.1 Å². The molecule has 3 aliphatic heterocycles. The fourth-order valence-corrected chi connectivity index (χ4v) is 5.93. The molecule has 10 unspecified atom stereocenters. The lowest BCUT2D eigenvalue weighted by atomic mass is 9.79. The Kier molecular flexibility index (Phi) is 14.1. The molecule has 266 valence electrons. The Morgan fingerprint density at radius 2 is 1.98 bits per heavy atom. The maximum atomic E-state index is 12.9. The number of guanidine groups is 1. The minimum Gasteiger partial charge on any atom is -0.481 e. The smallest absolute Gasteiger partial charge is 0.337 e. The van der Waals surface area contributed by atoms with Gasteiger partial charge in [-0.05, 0) is 7.05 Å². The van der Waals surface area contributed by atoms with Gasteiger partial charge in [0, 0.05) is 38.5 Å². The number of likely N-dealkylation sites (tertiary alicyclic amines) is 1. The monoisotopic (exact) mass is 673 g/mol. The highest BCUT2D eigenvalue weighted by atomic mass is 16.8. The first kappa shape index (κ1) is 38.3. The number of aliphatic imine (C=N–C) groups is 1. The fraction of sp³-hybridized carbons (Fsp3) is 0.690. The lowest BCUT2D eigenvalue weighted by Gasteiger charge is -2.47. The number of carbonyl (C=O) groups is 2. The van der Waals surface area contributed by atoms with Gasteiger partial charge < -0.3 is 65.4 Å². The summed E-state index contributed by atoms with van der Waals surface area (Å²) in [5.74, 6) is -7.83. The first-order valence-electron chi connectivity index (χ1n) is 15.0. The van der Waals surface area contributed by atoms with Crippen molar-refractivity contribution >= 4 is 17.9 Å². The average Bonchev–Trinajstić information content (AvgIpc) is 3.05. The molecule has 0 aliphatic carbocycles. The summed E-state index contributed by atoms with van der Waals surface area (Å²) in [4.78, 5) is 30.9. The van der Waals surface area contributed by atoms with Gasteiger partial charge in [0.15, 0.2) is 18.4 Å². The van der Waals surface area contributed by atoms with E-state index in [1.54, 1.807) is 17.1 Å². The molecule has 0 bridgehead atoms. The molecule has 0 amide bonds. The Morgan fingerprint density at radius 3 is 2.55 bits per heavy atom. The van der Waals surface area contributed by atoms with E-state index in [2.05, 4.69) is 22.2 Å². The number of carboxylic acids is 1. The Labute approximate surface area is 272 Å². The van der Waals surface area contributed by atoms with Crippen molar-refractivity contribution in [2.45, 2.75) is 42.7 Å². The Morgan fingerprint density at radius 1 is 1.26 bits per heavy atom. The third-order valence-electron chi connectivity index (χ3n) is 8.40. The Balaban J connectivity index is 2.00. The molecular weight excluding hydrogens is 626 g/mol. The van der Waals surface area contributed by atoms with Gasteiger partial charge in [-0.2, -0.15) is 0 Å². The molecule has 0 aromatic carbocycles. The van der Waals surface area contributed by atoms with Gasteiger partial charge >= 0.3 is 11.9 Å². The molecule has 18 heteroatoms. The number of rotatable bonds is 14. The number of aliphatic hydroxyl groups is 5. The number of carboxylic acid groups (broad SMARTS) is 1. The van der Waals surface area contributed by atoms with Crippen LogP contribution in [0.1, 0.15) is 0 Å². The van der Waals surface area contributed by atoms with Crippen LogP contribution < -0.4 is 16.4 Å². The maximum Gasteiger partial charge on any atom is 0.337 e. The number of aliphatic carboxylic acids is 1. The number of nitrogens with two attached hydrogens (primary N) is 1. The number of hydrogen-bond donors (Lipinski definition) is 9. The lowest BCUT2D eigenvalue weighted by molar-refractivity contribution is -0.410. The van der Waals surface area contributed by atoms with Crippen molar-refractivity contribution in [2.24, 2.45) is 34.4 Å². The van der Waals surface area contributed by atoms with E-state index in [1.165, 1.54) is 27.3 Å². The van der Waals surface area contributed by atoms with Crippen LogP contribution in [0.2, 0.25) is 0 Å². The van der Waals surface area contributed by atoms with Gasteiger partial charge in [-0.1, -0.05) is 18.2 Å². The average molecular weight is 674 g/mol. The van der Waals surface area contributed by atoms with Crippen molar-refractivity contribution in [1.29, 1.82) is 0 Å². The molecule has 3 rings (SSSR count). The van der Waals surface area contributed by atoms with Crippen molar-refractivity contribution in [2.75, 3.05) is 60.8 Å². The fourth-order valence-electron chi connectivity index (χ4n) is 5.93. The predicted molar refractivity (Wildman–Crippen MR) is 163 cm³/mol. The van der Waals surface area contributed by atoms with E-state index in [1.807, 2.05) is 0 Å². The lowest BCUT2D eigenvalue weighted by Crippen LogP contribution is -2.69. The first-order valence-corrected chi connectivity index (χ1v) is 15.0. The molecule has 0 radical (unpaired) electrons. The second-order valence-electron chi connectivity index (χ2n) is 11.3. The molecule has 0 saturated carbocycles. The van der Waals surface area contributed by atoms with E-state index in [0.717, 1.165) is 6.26 Å². The Bertz CT molecular complexity index is 1170. The largest absolute Gasteiger partial charge is 0.481 e. The van der Waals surface area contributed by atoms with Crippen LogP contribution in [0.25, 0.3) is 0 Å². The molecule has 10 atom stereocenters. The highest BCUT2D eigenvalue weighted by molar-refractivity contribution is 5.89. The van der Waals surface area contributed by atoms with Crippen molar-refractivity contribution in [3.05, 3.63) is 36.6 Å². The van der Waals surface area contributed by atoms with E-state index in [-0.39, 0.29) is 38.0 Å². The summed E-state index contributed by atoms with van der Waals surface area (Å²) in [6.45, 7) is 3.40. The van der Waals surface area contributed by atoms with Gasteiger partial charge in [0.25, 0.3) is 0 Å². The SMILES string of the molecule is C=CC1C(OC2OC(CO)C(O)C(O)(O)C2OCNC)OC=C(C(=O)OC)C1C=CC1CN(CCO)CC(C(=O)O)C1NC(N)=NC. The number of nitrogens with zero attached hydrogens (tertiary/aromatic N) is 2. The molecule has 0 spiro atoms. The number of ether oxygens (including phenoxy) is 5. The quantitative estimate of drug-likeness (QED) is 0.0282.